The monoisotopic (exact) mass is 266 g/mol. The van der Waals surface area contributed by atoms with E-state index in [0.29, 0.717) is 6.42 Å². The SMILES string of the molecule is CCc1c(OC)ccc(CC(C)(C)C(=O)O)c1OC. The smallest absolute Gasteiger partial charge is 0.309 e. The van der Waals surface area contributed by atoms with E-state index in [2.05, 4.69) is 0 Å². The third kappa shape index (κ3) is 3.19. The van der Waals surface area contributed by atoms with Crippen molar-refractivity contribution in [2.45, 2.75) is 33.6 Å². The van der Waals surface area contributed by atoms with Gasteiger partial charge in [0, 0.05) is 5.56 Å². The number of benzene rings is 1. The van der Waals surface area contributed by atoms with Crippen LogP contribution in [0, 0.1) is 5.41 Å². The maximum atomic E-state index is 11.2. The fourth-order valence-electron chi connectivity index (χ4n) is 2.13. The van der Waals surface area contributed by atoms with Gasteiger partial charge in [0.15, 0.2) is 0 Å². The van der Waals surface area contributed by atoms with Gasteiger partial charge >= 0.3 is 5.97 Å². The van der Waals surface area contributed by atoms with Crippen LogP contribution in [0.3, 0.4) is 0 Å². The molecule has 0 saturated carbocycles. The molecule has 0 spiro atoms. The molecular formula is C15H22O4. The number of methoxy groups -OCH3 is 2. The summed E-state index contributed by atoms with van der Waals surface area (Å²) in [5.74, 6) is 0.691. The third-order valence-electron chi connectivity index (χ3n) is 3.29. The average molecular weight is 266 g/mol. The molecule has 0 atom stereocenters. The maximum absolute atomic E-state index is 11.2. The Morgan fingerprint density at radius 3 is 2.32 bits per heavy atom. The van der Waals surface area contributed by atoms with Gasteiger partial charge in [-0.05, 0) is 38.3 Å². The highest BCUT2D eigenvalue weighted by molar-refractivity contribution is 5.74. The first kappa shape index (κ1) is 15.3. The highest BCUT2D eigenvalue weighted by Crippen LogP contribution is 2.36. The molecule has 0 bridgehead atoms. The molecule has 0 amide bonds. The fourth-order valence-corrected chi connectivity index (χ4v) is 2.13. The van der Waals surface area contributed by atoms with Gasteiger partial charge in [0.2, 0.25) is 0 Å². The molecule has 4 nitrogen and oxygen atoms in total. The molecule has 0 saturated heterocycles. The van der Waals surface area contributed by atoms with E-state index in [-0.39, 0.29) is 0 Å². The summed E-state index contributed by atoms with van der Waals surface area (Å²) in [5.41, 5.74) is 1.05. The third-order valence-corrected chi connectivity index (χ3v) is 3.29. The van der Waals surface area contributed by atoms with Gasteiger partial charge in [0.25, 0.3) is 0 Å². The lowest BCUT2D eigenvalue weighted by atomic mass is 9.85. The summed E-state index contributed by atoms with van der Waals surface area (Å²) in [5, 5.41) is 9.23. The Bertz CT molecular complexity index is 463. The zero-order valence-electron chi connectivity index (χ0n) is 12.2. The van der Waals surface area contributed by atoms with E-state index in [1.54, 1.807) is 28.1 Å². The van der Waals surface area contributed by atoms with Crippen molar-refractivity contribution >= 4 is 5.97 Å². The van der Waals surface area contributed by atoms with Crippen molar-refractivity contribution in [3.8, 4) is 11.5 Å². The number of aliphatic carboxylic acids is 1. The lowest BCUT2D eigenvalue weighted by molar-refractivity contribution is -0.146. The van der Waals surface area contributed by atoms with E-state index in [1.165, 1.54) is 0 Å². The molecule has 0 aliphatic heterocycles. The molecule has 1 N–H and O–H groups in total. The van der Waals surface area contributed by atoms with Crippen LogP contribution in [-0.2, 0) is 17.6 Å². The molecule has 1 aromatic carbocycles. The molecular weight excluding hydrogens is 244 g/mol. The van der Waals surface area contributed by atoms with Gasteiger partial charge in [0.1, 0.15) is 11.5 Å². The Kier molecular flexibility index (Phi) is 4.81. The van der Waals surface area contributed by atoms with Crippen molar-refractivity contribution in [3.63, 3.8) is 0 Å². The van der Waals surface area contributed by atoms with Crippen LogP contribution in [0.15, 0.2) is 12.1 Å². The first-order valence-corrected chi connectivity index (χ1v) is 6.33. The fraction of sp³-hybridized carbons (Fsp3) is 0.533. The summed E-state index contributed by atoms with van der Waals surface area (Å²) in [4.78, 5) is 11.2. The molecule has 0 heterocycles. The molecule has 0 unspecified atom stereocenters. The van der Waals surface area contributed by atoms with Crippen molar-refractivity contribution in [2.24, 2.45) is 5.41 Å². The summed E-state index contributed by atoms with van der Waals surface area (Å²) in [7, 11) is 3.22. The number of rotatable bonds is 6. The molecule has 0 aliphatic carbocycles. The molecule has 0 radical (unpaired) electrons. The van der Waals surface area contributed by atoms with Crippen molar-refractivity contribution < 1.29 is 19.4 Å². The van der Waals surface area contributed by atoms with Crippen molar-refractivity contribution in [1.29, 1.82) is 0 Å². The first-order chi connectivity index (χ1) is 8.87. The molecule has 1 rings (SSSR count). The maximum Gasteiger partial charge on any atom is 0.309 e. The van der Waals surface area contributed by atoms with Gasteiger partial charge in [-0.15, -0.1) is 0 Å². The van der Waals surface area contributed by atoms with Gasteiger partial charge < -0.3 is 14.6 Å². The largest absolute Gasteiger partial charge is 0.496 e. The lowest BCUT2D eigenvalue weighted by Crippen LogP contribution is -2.26. The zero-order chi connectivity index (χ0) is 14.6. The van der Waals surface area contributed by atoms with Crippen molar-refractivity contribution in [2.75, 3.05) is 14.2 Å². The number of ether oxygens (including phenoxy) is 2. The molecule has 0 aromatic heterocycles. The van der Waals surface area contributed by atoms with Crippen LogP contribution < -0.4 is 9.47 Å². The Morgan fingerprint density at radius 2 is 1.89 bits per heavy atom. The Hall–Kier alpha value is -1.71. The number of hydrogen-bond acceptors (Lipinski definition) is 3. The highest BCUT2D eigenvalue weighted by atomic mass is 16.5. The van der Waals surface area contributed by atoms with Crippen molar-refractivity contribution in [3.05, 3.63) is 23.3 Å². The molecule has 0 fully saturated rings. The minimum absolute atomic E-state index is 0.419. The van der Waals surface area contributed by atoms with Crippen molar-refractivity contribution in [1.82, 2.24) is 0 Å². The standard InChI is InChI=1S/C15H22O4/c1-6-11-12(18-4)8-7-10(13(11)19-5)9-15(2,3)14(16)17/h7-8H,6,9H2,1-5H3,(H,16,17). The highest BCUT2D eigenvalue weighted by Gasteiger charge is 2.29. The van der Waals surface area contributed by atoms with Crippen LogP contribution in [0.2, 0.25) is 0 Å². The van der Waals surface area contributed by atoms with Gasteiger partial charge in [-0.1, -0.05) is 13.0 Å². The van der Waals surface area contributed by atoms with Crippen LogP contribution >= 0.6 is 0 Å². The molecule has 19 heavy (non-hydrogen) atoms. The average Bonchev–Trinajstić information content (AvgIpc) is 2.37. The predicted octanol–water partition coefficient (Wildman–Crippen LogP) is 2.92. The van der Waals surface area contributed by atoms with Gasteiger partial charge in [-0.2, -0.15) is 0 Å². The lowest BCUT2D eigenvalue weighted by Gasteiger charge is -2.22. The van der Waals surface area contributed by atoms with E-state index in [9.17, 15) is 9.90 Å². The number of carbonyl (C=O) groups is 1. The summed E-state index contributed by atoms with van der Waals surface area (Å²) in [6.07, 6.45) is 1.19. The second-order valence-electron chi connectivity index (χ2n) is 5.16. The molecule has 0 aliphatic rings. The normalized spacial score (nSPS) is 11.2. The van der Waals surface area contributed by atoms with E-state index in [4.69, 9.17) is 9.47 Å². The Labute approximate surface area is 114 Å². The Morgan fingerprint density at radius 1 is 1.26 bits per heavy atom. The van der Waals surface area contributed by atoms with Crippen LogP contribution in [0.25, 0.3) is 0 Å². The molecule has 1 aromatic rings. The van der Waals surface area contributed by atoms with E-state index >= 15 is 0 Å². The van der Waals surface area contributed by atoms with Crippen LogP contribution in [0.5, 0.6) is 11.5 Å². The number of carboxylic acids is 1. The minimum atomic E-state index is -0.827. The second-order valence-corrected chi connectivity index (χ2v) is 5.16. The van der Waals surface area contributed by atoms with E-state index in [1.807, 2.05) is 19.1 Å². The summed E-state index contributed by atoms with van der Waals surface area (Å²) in [6, 6.07) is 3.75. The number of carboxylic acid groups (broad SMARTS) is 1. The number of hydrogen-bond donors (Lipinski definition) is 1. The van der Waals surface area contributed by atoms with Gasteiger partial charge in [-0.3, -0.25) is 4.79 Å². The first-order valence-electron chi connectivity index (χ1n) is 6.33. The van der Waals surface area contributed by atoms with Crippen LogP contribution in [-0.4, -0.2) is 25.3 Å². The predicted molar refractivity (Wildman–Crippen MR) is 74.0 cm³/mol. The topological polar surface area (TPSA) is 55.8 Å². The minimum Gasteiger partial charge on any atom is -0.496 e. The zero-order valence-corrected chi connectivity index (χ0v) is 12.2. The molecule has 106 valence electrons. The second kappa shape index (κ2) is 5.95. The van der Waals surface area contributed by atoms with Gasteiger partial charge in [-0.25, -0.2) is 0 Å². The van der Waals surface area contributed by atoms with E-state index < -0.39 is 11.4 Å². The summed E-state index contributed by atoms with van der Waals surface area (Å²) < 4.78 is 10.8. The molecule has 4 heteroatoms. The van der Waals surface area contributed by atoms with Crippen LogP contribution in [0.4, 0.5) is 0 Å². The quantitative estimate of drug-likeness (QED) is 0.860. The summed E-state index contributed by atoms with van der Waals surface area (Å²) in [6.45, 7) is 5.45. The van der Waals surface area contributed by atoms with E-state index in [0.717, 1.165) is 29.0 Å². The Balaban J connectivity index is 3.26. The van der Waals surface area contributed by atoms with Crippen LogP contribution in [0.1, 0.15) is 31.9 Å². The van der Waals surface area contributed by atoms with Gasteiger partial charge in [0.05, 0.1) is 19.6 Å². The summed E-state index contributed by atoms with van der Waals surface area (Å²) >= 11 is 0.